The highest BCUT2D eigenvalue weighted by Crippen LogP contribution is 2.23. The summed E-state index contributed by atoms with van der Waals surface area (Å²) in [7, 11) is 1.79. The molecule has 3 rings (SSSR count). The number of aromatic nitrogens is 4. The Kier molecular flexibility index (Phi) is 4.61. The van der Waals surface area contributed by atoms with Crippen molar-refractivity contribution >= 4 is 17.3 Å². The fraction of sp³-hybridized carbons (Fsp3) is 0.600. The molecule has 0 aromatic carbocycles. The topological polar surface area (TPSA) is 80.0 Å². The van der Waals surface area contributed by atoms with Crippen LogP contribution in [0.4, 0.5) is 0 Å². The minimum absolute atomic E-state index is 0.153. The molecule has 1 unspecified atom stereocenters. The van der Waals surface area contributed by atoms with E-state index in [1.807, 2.05) is 25.5 Å². The summed E-state index contributed by atoms with van der Waals surface area (Å²) in [6, 6.07) is 0.153. The zero-order valence-electron chi connectivity index (χ0n) is 14.1. The van der Waals surface area contributed by atoms with Gasteiger partial charge in [-0.25, -0.2) is 14.6 Å². The molecule has 7 nitrogen and oxygen atoms in total. The van der Waals surface area contributed by atoms with Gasteiger partial charge in [0.05, 0.1) is 23.3 Å². The first kappa shape index (κ1) is 15.9. The molecule has 0 aliphatic carbocycles. The van der Waals surface area contributed by atoms with Crippen LogP contribution in [0.2, 0.25) is 0 Å². The summed E-state index contributed by atoms with van der Waals surface area (Å²) in [5.41, 5.74) is 1.09. The van der Waals surface area contributed by atoms with Crippen molar-refractivity contribution in [3.05, 3.63) is 27.2 Å². The fourth-order valence-electron chi connectivity index (χ4n) is 2.87. The van der Waals surface area contributed by atoms with Crippen molar-refractivity contribution in [3.63, 3.8) is 0 Å². The van der Waals surface area contributed by atoms with Gasteiger partial charge in [-0.15, -0.1) is 11.3 Å². The molecular formula is C15H23N7S. The molecule has 2 N–H and O–H groups in total. The summed E-state index contributed by atoms with van der Waals surface area (Å²) in [5.74, 6) is 2.61. The molecule has 2 aromatic rings. The van der Waals surface area contributed by atoms with E-state index in [-0.39, 0.29) is 6.04 Å². The maximum Gasteiger partial charge on any atom is 0.191 e. The molecular weight excluding hydrogens is 310 g/mol. The first-order chi connectivity index (χ1) is 11.1. The van der Waals surface area contributed by atoms with Crippen molar-refractivity contribution in [2.75, 3.05) is 7.05 Å². The molecule has 0 bridgehead atoms. The number of rotatable bonds is 3. The van der Waals surface area contributed by atoms with Gasteiger partial charge in [-0.3, -0.25) is 4.99 Å². The van der Waals surface area contributed by atoms with E-state index in [0.29, 0.717) is 0 Å². The van der Waals surface area contributed by atoms with E-state index < -0.39 is 0 Å². The predicted molar refractivity (Wildman–Crippen MR) is 91.7 cm³/mol. The van der Waals surface area contributed by atoms with Crippen LogP contribution in [-0.4, -0.2) is 32.8 Å². The van der Waals surface area contributed by atoms with Crippen LogP contribution in [0.25, 0.3) is 0 Å². The highest BCUT2D eigenvalue weighted by Gasteiger charge is 2.24. The third kappa shape index (κ3) is 3.52. The van der Waals surface area contributed by atoms with Crippen LogP contribution >= 0.6 is 11.3 Å². The number of aliphatic imine (C=N–C) groups is 1. The summed E-state index contributed by atoms with van der Waals surface area (Å²) in [6.45, 7) is 7.69. The van der Waals surface area contributed by atoms with Gasteiger partial charge in [0.1, 0.15) is 11.6 Å². The first-order valence-corrected chi connectivity index (χ1v) is 8.70. The van der Waals surface area contributed by atoms with E-state index in [9.17, 15) is 0 Å². The van der Waals surface area contributed by atoms with Gasteiger partial charge in [-0.1, -0.05) is 0 Å². The average molecular weight is 333 g/mol. The molecule has 0 spiro atoms. The van der Waals surface area contributed by atoms with Crippen molar-refractivity contribution in [3.8, 4) is 0 Å². The van der Waals surface area contributed by atoms with Crippen LogP contribution in [0.15, 0.2) is 4.99 Å². The SMILES string of the molecule is CN=C(NCc1sc(C)nc1C)NC1CCCn2nc(C)nc21. The van der Waals surface area contributed by atoms with Crippen LogP contribution < -0.4 is 10.6 Å². The van der Waals surface area contributed by atoms with E-state index >= 15 is 0 Å². The second-order valence-corrected chi connectivity index (χ2v) is 7.03. The monoisotopic (exact) mass is 333 g/mol. The molecule has 124 valence electrons. The molecule has 0 radical (unpaired) electrons. The maximum atomic E-state index is 4.55. The van der Waals surface area contributed by atoms with Gasteiger partial charge in [0, 0.05) is 18.5 Å². The van der Waals surface area contributed by atoms with E-state index in [1.165, 1.54) is 4.88 Å². The molecule has 0 saturated heterocycles. The summed E-state index contributed by atoms with van der Waals surface area (Å²) in [5, 5.41) is 12.4. The molecule has 0 saturated carbocycles. The normalized spacial score (nSPS) is 17.9. The molecule has 1 aliphatic rings. The average Bonchev–Trinajstić information content (AvgIpc) is 3.05. The number of aryl methyl sites for hydroxylation is 4. The second kappa shape index (κ2) is 6.66. The molecule has 1 atom stereocenters. The van der Waals surface area contributed by atoms with Crippen LogP contribution in [0, 0.1) is 20.8 Å². The molecule has 0 fully saturated rings. The van der Waals surface area contributed by atoms with Crippen molar-refractivity contribution in [1.82, 2.24) is 30.4 Å². The van der Waals surface area contributed by atoms with Crippen molar-refractivity contribution in [2.24, 2.45) is 4.99 Å². The smallest absolute Gasteiger partial charge is 0.191 e. The lowest BCUT2D eigenvalue weighted by Gasteiger charge is -2.24. The summed E-state index contributed by atoms with van der Waals surface area (Å²) < 4.78 is 2.00. The Labute approximate surface area is 140 Å². The number of nitrogens with one attached hydrogen (secondary N) is 2. The molecule has 23 heavy (non-hydrogen) atoms. The largest absolute Gasteiger partial charge is 0.351 e. The molecule has 3 heterocycles. The van der Waals surface area contributed by atoms with Gasteiger partial charge in [0.15, 0.2) is 5.96 Å². The van der Waals surface area contributed by atoms with Gasteiger partial charge >= 0.3 is 0 Å². The lowest BCUT2D eigenvalue weighted by Crippen LogP contribution is -2.41. The van der Waals surface area contributed by atoms with Crippen molar-refractivity contribution in [1.29, 1.82) is 0 Å². The lowest BCUT2D eigenvalue weighted by molar-refractivity contribution is 0.397. The molecule has 1 aliphatic heterocycles. The molecule has 2 aromatic heterocycles. The van der Waals surface area contributed by atoms with Gasteiger partial charge in [0.2, 0.25) is 0 Å². The number of hydrogen-bond donors (Lipinski definition) is 2. The van der Waals surface area contributed by atoms with E-state index in [0.717, 1.165) is 54.2 Å². The predicted octanol–water partition coefficient (Wildman–Crippen LogP) is 1.86. The fourth-order valence-corrected chi connectivity index (χ4v) is 3.74. The maximum absolute atomic E-state index is 4.55. The van der Waals surface area contributed by atoms with Crippen LogP contribution in [0.5, 0.6) is 0 Å². The van der Waals surface area contributed by atoms with Gasteiger partial charge in [0.25, 0.3) is 0 Å². The van der Waals surface area contributed by atoms with Gasteiger partial charge in [-0.05, 0) is 33.6 Å². The van der Waals surface area contributed by atoms with Crippen LogP contribution in [-0.2, 0) is 13.1 Å². The quantitative estimate of drug-likeness (QED) is 0.662. The third-order valence-electron chi connectivity index (χ3n) is 3.93. The number of thiazole rings is 1. The Bertz CT molecular complexity index is 715. The van der Waals surface area contributed by atoms with Crippen molar-refractivity contribution in [2.45, 2.75) is 52.7 Å². The van der Waals surface area contributed by atoms with Gasteiger partial charge < -0.3 is 10.6 Å². The Morgan fingerprint density at radius 2 is 2.17 bits per heavy atom. The summed E-state index contributed by atoms with van der Waals surface area (Å²) in [6.07, 6.45) is 2.13. The Morgan fingerprint density at radius 3 is 2.87 bits per heavy atom. The highest BCUT2D eigenvalue weighted by atomic mass is 32.1. The Hall–Kier alpha value is -1.96. The second-order valence-electron chi connectivity index (χ2n) is 5.75. The molecule has 8 heteroatoms. The minimum atomic E-state index is 0.153. The highest BCUT2D eigenvalue weighted by molar-refractivity contribution is 7.11. The summed E-state index contributed by atoms with van der Waals surface area (Å²) >= 11 is 1.72. The number of fused-ring (bicyclic) bond motifs is 1. The summed E-state index contributed by atoms with van der Waals surface area (Å²) in [4.78, 5) is 14.6. The van der Waals surface area contributed by atoms with Crippen LogP contribution in [0.3, 0.4) is 0 Å². The first-order valence-electron chi connectivity index (χ1n) is 7.88. The van der Waals surface area contributed by atoms with Crippen LogP contribution in [0.1, 0.15) is 46.1 Å². The number of nitrogens with zero attached hydrogens (tertiary/aromatic N) is 5. The van der Waals surface area contributed by atoms with E-state index in [1.54, 1.807) is 18.4 Å². The van der Waals surface area contributed by atoms with E-state index in [4.69, 9.17) is 0 Å². The standard InChI is InChI=1S/C15H23N7S/c1-9-13(23-11(3)18-9)8-17-15(16-4)20-12-6-5-7-22-14(12)19-10(2)21-22/h12H,5-8H2,1-4H3,(H2,16,17,20). The Morgan fingerprint density at radius 1 is 1.35 bits per heavy atom. The van der Waals surface area contributed by atoms with E-state index in [2.05, 4.69) is 30.7 Å². The van der Waals surface area contributed by atoms with Crippen molar-refractivity contribution < 1.29 is 0 Å². The molecule has 0 amide bonds. The zero-order valence-corrected chi connectivity index (χ0v) is 14.9. The number of guanidine groups is 1. The minimum Gasteiger partial charge on any atom is -0.351 e. The third-order valence-corrected chi connectivity index (χ3v) is 5.00. The number of hydrogen-bond acceptors (Lipinski definition) is 5. The lowest BCUT2D eigenvalue weighted by atomic mass is 10.1. The zero-order chi connectivity index (χ0) is 16.4. The Balaban J connectivity index is 1.65. The van der Waals surface area contributed by atoms with Gasteiger partial charge in [-0.2, -0.15) is 5.10 Å².